The standard InChI is InChI=1S/C7H5F11O3S/c1-22(19,20,21)7(18)5(14,15)3(10,11)2(8,9)4(12,13)6(7,16)17/h1H3,(H2,19,20,21). The quantitative estimate of drug-likeness (QED) is 0.689. The Morgan fingerprint density at radius 2 is 0.773 bits per heavy atom. The molecule has 134 valence electrons. The Kier molecular flexibility index (Phi) is 3.24. The zero-order valence-electron chi connectivity index (χ0n) is 9.87. The molecule has 3 nitrogen and oxygen atoms in total. The molecule has 1 aliphatic rings. The van der Waals surface area contributed by atoms with Crippen LogP contribution < -0.4 is 0 Å². The molecular weight excluding hydrogens is 373 g/mol. The molecular formula is C7H5F11O3S. The fraction of sp³-hybridized carbons (Fsp3) is 1.00. The van der Waals surface area contributed by atoms with Gasteiger partial charge in [0.2, 0.25) is 0 Å². The second-order valence-electron chi connectivity index (χ2n) is 4.70. The Morgan fingerprint density at radius 3 is 0.955 bits per heavy atom. The van der Waals surface area contributed by atoms with Crippen LogP contribution in [0, 0.1) is 0 Å². The van der Waals surface area contributed by atoms with E-state index in [0.29, 0.717) is 0 Å². The molecule has 1 saturated carbocycles. The van der Waals surface area contributed by atoms with Crippen molar-refractivity contribution in [1.82, 2.24) is 0 Å². The molecule has 2 N–H and O–H groups in total. The molecule has 0 unspecified atom stereocenters. The number of rotatable bonds is 1. The molecule has 0 saturated heterocycles. The lowest BCUT2D eigenvalue weighted by Crippen LogP contribution is -2.88. The van der Waals surface area contributed by atoms with E-state index in [9.17, 15) is 52.5 Å². The molecule has 0 aliphatic heterocycles. The molecule has 22 heavy (non-hydrogen) atoms. The summed E-state index contributed by atoms with van der Waals surface area (Å²) in [5.41, 5.74) is 0. The monoisotopic (exact) mass is 378 g/mol. The molecule has 0 aromatic heterocycles. The van der Waals surface area contributed by atoms with Crippen molar-refractivity contribution in [3.63, 3.8) is 0 Å². The second-order valence-corrected chi connectivity index (χ2v) is 7.73. The van der Waals surface area contributed by atoms with Gasteiger partial charge in [-0.05, 0) is 0 Å². The highest BCUT2D eigenvalue weighted by Gasteiger charge is 3.05. The zero-order valence-corrected chi connectivity index (χ0v) is 10.7. The SMILES string of the molecule is CS(=O)(O)(O)C1(F)C(F)(F)C(F)(F)C(F)(F)C(F)(F)C1(F)F. The lowest BCUT2D eigenvalue weighted by atomic mass is 9.80. The van der Waals surface area contributed by atoms with Crippen LogP contribution in [-0.2, 0) is 9.63 Å². The minimum atomic E-state index is -8.30. The van der Waals surface area contributed by atoms with Crippen LogP contribution in [0.25, 0.3) is 0 Å². The van der Waals surface area contributed by atoms with Crippen LogP contribution in [-0.4, -0.2) is 54.2 Å². The van der Waals surface area contributed by atoms with Gasteiger partial charge in [-0.3, -0.25) is 0 Å². The van der Waals surface area contributed by atoms with Crippen LogP contribution in [0.2, 0.25) is 0 Å². The van der Waals surface area contributed by atoms with Crippen molar-refractivity contribution in [2.75, 3.05) is 6.26 Å². The molecule has 0 heterocycles. The Labute approximate surface area is 113 Å². The highest BCUT2D eigenvalue weighted by Crippen LogP contribution is 2.72. The number of hydrogen-bond donors (Lipinski definition) is 2. The first-order valence-corrected chi connectivity index (χ1v) is 7.01. The molecule has 1 aliphatic carbocycles. The van der Waals surface area contributed by atoms with E-state index in [1.54, 1.807) is 0 Å². The van der Waals surface area contributed by atoms with Crippen LogP contribution >= 0.6 is 0 Å². The van der Waals surface area contributed by atoms with Gasteiger partial charge >= 0.3 is 34.6 Å². The van der Waals surface area contributed by atoms with Crippen LogP contribution in [0.3, 0.4) is 0 Å². The molecule has 0 aromatic carbocycles. The van der Waals surface area contributed by atoms with Crippen LogP contribution in [0.1, 0.15) is 0 Å². The van der Waals surface area contributed by atoms with Gasteiger partial charge in [0, 0.05) is 6.26 Å². The van der Waals surface area contributed by atoms with Gasteiger partial charge in [-0.15, -0.1) is 0 Å². The average Bonchev–Trinajstić information content (AvgIpc) is 2.22. The van der Waals surface area contributed by atoms with Crippen LogP contribution in [0.15, 0.2) is 0 Å². The van der Waals surface area contributed by atoms with Crippen molar-refractivity contribution >= 4 is 9.63 Å². The topological polar surface area (TPSA) is 57.5 Å². The first-order valence-electron chi connectivity index (χ1n) is 4.72. The predicted octanol–water partition coefficient (Wildman–Crippen LogP) is 3.24. The van der Waals surface area contributed by atoms with Crippen LogP contribution in [0.5, 0.6) is 0 Å². The summed E-state index contributed by atoms with van der Waals surface area (Å²) in [6.07, 6.45) is -1.12. The molecule has 0 aromatic rings. The Balaban J connectivity index is 4.09. The van der Waals surface area contributed by atoms with Gasteiger partial charge in [0.05, 0.1) is 0 Å². The van der Waals surface area contributed by atoms with Crippen molar-refractivity contribution in [2.45, 2.75) is 34.6 Å². The largest absolute Gasteiger partial charge is 0.384 e. The summed E-state index contributed by atoms with van der Waals surface area (Å²) in [6, 6.07) is 0. The summed E-state index contributed by atoms with van der Waals surface area (Å²) >= 11 is 0. The van der Waals surface area contributed by atoms with Gasteiger partial charge in [-0.2, -0.15) is 43.9 Å². The third kappa shape index (κ3) is 1.52. The van der Waals surface area contributed by atoms with Crippen molar-refractivity contribution in [1.29, 1.82) is 0 Å². The van der Waals surface area contributed by atoms with E-state index in [-0.39, 0.29) is 0 Å². The van der Waals surface area contributed by atoms with E-state index in [2.05, 4.69) is 0 Å². The molecule has 1 rings (SSSR count). The fourth-order valence-electron chi connectivity index (χ4n) is 1.78. The number of halogens is 11. The highest BCUT2D eigenvalue weighted by atomic mass is 32.3. The molecule has 1 fully saturated rings. The van der Waals surface area contributed by atoms with Crippen molar-refractivity contribution in [2.24, 2.45) is 0 Å². The summed E-state index contributed by atoms with van der Waals surface area (Å²) in [5, 5.41) is -7.31. The lowest BCUT2D eigenvalue weighted by molar-refractivity contribution is -0.471. The van der Waals surface area contributed by atoms with E-state index in [1.807, 2.05) is 0 Å². The van der Waals surface area contributed by atoms with Crippen molar-refractivity contribution in [3.05, 3.63) is 0 Å². The predicted molar refractivity (Wildman–Crippen MR) is 47.9 cm³/mol. The molecule has 0 radical (unpaired) electrons. The summed E-state index contributed by atoms with van der Waals surface area (Å²) in [6.45, 7) is 0. The van der Waals surface area contributed by atoms with E-state index >= 15 is 0 Å². The minimum Gasteiger partial charge on any atom is -0.305 e. The molecule has 0 bridgehead atoms. The van der Waals surface area contributed by atoms with Crippen molar-refractivity contribution in [3.8, 4) is 0 Å². The molecule has 0 amide bonds. The zero-order chi connectivity index (χ0) is 18.4. The van der Waals surface area contributed by atoms with Crippen molar-refractivity contribution < 1.29 is 61.6 Å². The summed E-state index contributed by atoms with van der Waals surface area (Å²) in [5.74, 6) is -37.7. The fourth-order valence-corrected chi connectivity index (χ4v) is 3.22. The Morgan fingerprint density at radius 1 is 0.591 bits per heavy atom. The normalized spacial score (nSPS) is 32.7. The first-order chi connectivity index (χ1) is 9.01. The Hall–Kier alpha value is -0.700. The lowest BCUT2D eigenvalue weighted by Gasteiger charge is -2.56. The first kappa shape index (κ1) is 19.3. The van der Waals surface area contributed by atoms with Gasteiger partial charge < -0.3 is 9.11 Å². The maximum Gasteiger partial charge on any atom is 0.384 e. The van der Waals surface area contributed by atoms with E-state index in [4.69, 9.17) is 9.11 Å². The van der Waals surface area contributed by atoms with Gasteiger partial charge in [-0.1, -0.05) is 0 Å². The van der Waals surface area contributed by atoms with Gasteiger partial charge in [0.1, 0.15) is 9.63 Å². The highest BCUT2D eigenvalue weighted by molar-refractivity contribution is 8.10. The van der Waals surface area contributed by atoms with E-state index < -0.39 is 50.5 Å². The summed E-state index contributed by atoms with van der Waals surface area (Å²) < 4.78 is 172. The molecule has 0 atom stereocenters. The smallest absolute Gasteiger partial charge is 0.305 e. The van der Waals surface area contributed by atoms with Gasteiger partial charge in [0.15, 0.2) is 0 Å². The Bertz CT molecular complexity index is 535. The summed E-state index contributed by atoms with van der Waals surface area (Å²) in [4.78, 5) is 0. The number of hydrogen-bond acceptors (Lipinski definition) is 1. The second kappa shape index (κ2) is 3.68. The molecule has 0 spiro atoms. The maximum atomic E-state index is 13.8. The average molecular weight is 378 g/mol. The van der Waals surface area contributed by atoms with Gasteiger partial charge in [-0.25, -0.2) is 8.60 Å². The minimum absolute atomic E-state index is 1.12. The van der Waals surface area contributed by atoms with Gasteiger partial charge in [0.25, 0.3) is 0 Å². The third-order valence-corrected chi connectivity index (χ3v) is 4.84. The van der Waals surface area contributed by atoms with Crippen LogP contribution in [0.4, 0.5) is 48.3 Å². The third-order valence-electron chi connectivity index (χ3n) is 3.03. The van der Waals surface area contributed by atoms with E-state index in [1.165, 1.54) is 0 Å². The summed E-state index contributed by atoms with van der Waals surface area (Å²) in [7, 11) is -8.30. The molecule has 15 heteroatoms. The van der Waals surface area contributed by atoms with E-state index in [0.717, 1.165) is 0 Å². The maximum absolute atomic E-state index is 13.8. The number of alkyl halides is 11.